The zero-order valence-electron chi connectivity index (χ0n) is 8.49. The maximum atomic E-state index is 12.7. The Hall–Kier alpha value is -1.23. The molecule has 0 aliphatic heterocycles. The van der Waals surface area contributed by atoms with E-state index in [9.17, 15) is 9.18 Å². The smallest absolute Gasteiger partial charge is 0.318 e. The highest BCUT2D eigenvalue weighted by Crippen LogP contribution is 2.29. The molecule has 1 unspecified atom stereocenters. The van der Waals surface area contributed by atoms with Crippen molar-refractivity contribution in [2.75, 3.05) is 12.8 Å². The summed E-state index contributed by atoms with van der Waals surface area (Å²) in [5.41, 5.74) is 5.93. The molecule has 0 aliphatic rings. The number of rotatable bonds is 3. The Balaban J connectivity index is 2.76. The summed E-state index contributed by atoms with van der Waals surface area (Å²) in [6.07, 6.45) is 0. The van der Waals surface area contributed by atoms with Crippen molar-refractivity contribution in [2.24, 2.45) is 0 Å². The number of benzene rings is 1. The first-order chi connectivity index (χ1) is 7.04. The van der Waals surface area contributed by atoms with Crippen LogP contribution in [0, 0.1) is 5.82 Å². The summed E-state index contributed by atoms with van der Waals surface area (Å²) in [6.45, 7) is 1.71. The van der Waals surface area contributed by atoms with Gasteiger partial charge in [-0.3, -0.25) is 4.79 Å². The van der Waals surface area contributed by atoms with E-state index in [-0.39, 0.29) is 17.0 Å². The summed E-state index contributed by atoms with van der Waals surface area (Å²) >= 11 is 1.25. The van der Waals surface area contributed by atoms with Crippen molar-refractivity contribution in [3.05, 3.63) is 24.0 Å². The summed E-state index contributed by atoms with van der Waals surface area (Å²) in [7, 11) is 1.33. The van der Waals surface area contributed by atoms with Crippen molar-refractivity contribution < 1.29 is 13.9 Å². The Morgan fingerprint density at radius 1 is 1.60 bits per heavy atom. The number of nitrogen functional groups attached to an aromatic ring is 1. The molecule has 0 aliphatic carbocycles. The second kappa shape index (κ2) is 5.02. The number of ether oxygens (including phenoxy) is 1. The number of hydrogen-bond donors (Lipinski definition) is 1. The molecule has 0 bridgehead atoms. The van der Waals surface area contributed by atoms with E-state index >= 15 is 0 Å². The van der Waals surface area contributed by atoms with Crippen molar-refractivity contribution in [3.8, 4) is 0 Å². The summed E-state index contributed by atoms with van der Waals surface area (Å²) in [5, 5.41) is -0.359. The highest BCUT2D eigenvalue weighted by Gasteiger charge is 2.15. The second-order valence-electron chi connectivity index (χ2n) is 2.97. The minimum absolute atomic E-state index is 0.329. The lowest BCUT2D eigenvalue weighted by Gasteiger charge is -2.10. The van der Waals surface area contributed by atoms with Crippen LogP contribution in [0.15, 0.2) is 23.1 Å². The number of carbonyl (C=O) groups is 1. The molecule has 0 fully saturated rings. The number of esters is 1. The van der Waals surface area contributed by atoms with Crippen LogP contribution in [-0.2, 0) is 9.53 Å². The van der Waals surface area contributed by atoms with Crippen molar-refractivity contribution >= 4 is 23.4 Å². The number of halogens is 1. The van der Waals surface area contributed by atoms with Crippen LogP contribution < -0.4 is 5.73 Å². The molecule has 0 saturated heterocycles. The predicted octanol–water partition coefficient (Wildman–Crippen LogP) is 2.06. The van der Waals surface area contributed by atoms with Gasteiger partial charge < -0.3 is 10.5 Å². The molecule has 1 aromatic rings. The van der Waals surface area contributed by atoms with Crippen molar-refractivity contribution in [2.45, 2.75) is 17.1 Å². The SMILES string of the molecule is COC(=O)C(C)Sc1ccc(F)cc1N. The van der Waals surface area contributed by atoms with Crippen LogP contribution >= 0.6 is 11.8 Å². The minimum Gasteiger partial charge on any atom is -0.468 e. The standard InChI is InChI=1S/C10H12FNO2S/c1-6(10(13)14-2)15-9-4-3-7(11)5-8(9)12/h3-6H,12H2,1-2H3. The topological polar surface area (TPSA) is 52.3 Å². The number of carbonyl (C=O) groups excluding carboxylic acids is 1. The molecule has 1 rings (SSSR count). The molecule has 2 N–H and O–H groups in total. The maximum absolute atomic E-state index is 12.7. The van der Waals surface area contributed by atoms with Crippen LogP contribution in [0.25, 0.3) is 0 Å². The first-order valence-corrected chi connectivity index (χ1v) is 5.22. The van der Waals surface area contributed by atoms with Crippen LogP contribution in [0.5, 0.6) is 0 Å². The van der Waals surface area contributed by atoms with Crippen LogP contribution in [0.1, 0.15) is 6.92 Å². The van der Waals surface area contributed by atoms with E-state index in [0.29, 0.717) is 10.6 Å². The average molecular weight is 229 g/mol. The highest BCUT2D eigenvalue weighted by atomic mass is 32.2. The number of hydrogen-bond acceptors (Lipinski definition) is 4. The normalized spacial score (nSPS) is 12.2. The van der Waals surface area contributed by atoms with Gasteiger partial charge in [0.25, 0.3) is 0 Å². The molecule has 15 heavy (non-hydrogen) atoms. The van der Waals surface area contributed by atoms with Crippen molar-refractivity contribution in [1.29, 1.82) is 0 Å². The van der Waals surface area contributed by atoms with Crippen LogP contribution in [0.2, 0.25) is 0 Å². The molecular weight excluding hydrogens is 217 g/mol. The molecule has 5 heteroatoms. The monoisotopic (exact) mass is 229 g/mol. The molecule has 0 spiro atoms. The Labute approximate surface area is 91.8 Å². The quantitative estimate of drug-likeness (QED) is 0.489. The second-order valence-corrected chi connectivity index (χ2v) is 4.35. The van der Waals surface area contributed by atoms with Crippen LogP contribution in [0.4, 0.5) is 10.1 Å². The third-order valence-electron chi connectivity index (χ3n) is 1.81. The van der Waals surface area contributed by atoms with Gasteiger partial charge in [-0.05, 0) is 25.1 Å². The van der Waals surface area contributed by atoms with Gasteiger partial charge in [-0.15, -0.1) is 11.8 Å². The van der Waals surface area contributed by atoms with Crippen LogP contribution in [-0.4, -0.2) is 18.3 Å². The number of nitrogens with two attached hydrogens (primary N) is 1. The Morgan fingerprint density at radius 2 is 2.27 bits per heavy atom. The molecule has 0 saturated carbocycles. The molecule has 82 valence electrons. The van der Waals surface area contributed by atoms with E-state index in [1.54, 1.807) is 13.0 Å². The summed E-state index contributed by atoms with van der Waals surface area (Å²) in [6, 6.07) is 4.09. The van der Waals surface area contributed by atoms with E-state index in [1.807, 2.05) is 0 Å². The van der Waals surface area contributed by atoms with Gasteiger partial charge in [-0.2, -0.15) is 0 Å². The van der Waals surface area contributed by atoms with Gasteiger partial charge in [0.2, 0.25) is 0 Å². The maximum Gasteiger partial charge on any atom is 0.318 e. The van der Waals surface area contributed by atoms with Gasteiger partial charge >= 0.3 is 5.97 Å². The van der Waals surface area contributed by atoms with Crippen molar-refractivity contribution in [1.82, 2.24) is 0 Å². The molecular formula is C10H12FNO2S. The van der Waals surface area contributed by atoms with Gasteiger partial charge in [0.1, 0.15) is 11.1 Å². The van der Waals surface area contributed by atoms with E-state index in [0.717, 1.165) is 0 Å². The average Bonchev–Trinajstić information content (AvgIpc) is 2.20. The molecule has 0 aromatic heterocycles. The van der Waals surface area contributed by atoms with Gasteiger partial charge in [0, 0.05) is 10.6 Å². The van der Waals surface area contributed by atoms with E-state index < -0.39 is 0 Å². The summed E-state index contributed by atoms with van der Waals surface area (Å²) < 4.78 is 17.3. The number of anilines is 1. The fraction of sp³-hybridized carbons (Fsp3) is 0.300. The molecule has 0 heterocycles. The highest BCUT2D eigenvalue weighted by molar-refractivity contribution is 8.00. The lowest BCUT2D eigenvalue weighted by molar-refractivity contribution is -0.139. The van der Waals surface area contributed by atoms with Gasteiger partial charge in [0.15, 0.2) is 0 Å². The number of thioether (sulfide) groups is 1. The predicted molar refractivity (Wildman–Crippen MR) is 58.1 cm³/mol. The zero-order valence-corrected chi connectivity index (χ0v) is 9.31. The third-order valence-corrected chi connectivity index (χ3v) is 2.98. The molecule has 1 atom stereocenters. The molecule has 0 radical (unpaired) electrons. The van der Waals surface area contributed by atoms with E-state index in [2.05, 4.69) is 4.74 Å². The first kappa shape index (κ1) is 11.8. The van der Waals surface area contributed by atoms with E-state index in [4.69, 9.17) is 5.73 Å². The Morgan fingerprint density at radius 3 is 2.80 bits per heavy atom. The summed E-state index contributed by atoms with van der Waals surface area (Å²) in [5.74, 6) is -0.716. The Kier molecular flexibility index (Phi) is 3.96. The fourth-order valence-corrected chi connectivity index (χ4v) is 1.95. The number of methoxy groups -OCH3 is 1. The van der Waals surface area contributed by atoms with Crippen LogP contribution in [0.3, 0.4) is 0 Å². The summed E-state index contributed by atoms with van der Waals surface area (Å²) in [4.78, 5) is 11.8. The largest absolute Gasteiger partial charge is 0.468 e. The van der Waals surface area contributed by atoms with Gasteiger partial charge in [0.05, 0.1) is 7.11 Å². The fourth-order valence-electron chi connectivity index (χ4n) is 1.03. The molecule has 3 nitrogen and oxygen atoms in total. The van der Waals surface area contributed by atoms with Crippen molar-refractivity contribution in [3.63, 3.8) is 0 Å². The lowest BCUT2D eigenvalue weighted by atomic mass is 10.3. The lowest BCUT2D eigenvalue weighted by Crippen LogP contribution is -2.14. The molecule has 0 amide bonds. The van der Waals surface area contributed by atoms with E-state index in [1.165, 1.54) is 31.0 Å². The van der Waals surface area contributed by atoms with Gasteiger partial charge in [-0.1, -0.05) is 0 Å². The Bertz CT molecular complexity index is 370. The molecule has 1 aromatic carbocycles. The third kappa shape index (κ3) is 3.13. The van der Waals surface area contributed by atoms with Gasteiger partial charge in [-0.25, -0.2) is 4.39 Å². The first-order valence-electron chi connectivity index (χ1n) is 4.34. The minimum atomic E-state index is -0.387. The zero-order chi connectivity index (χ0) is 11.4.